The summed E-state index contributed by atoms with van der Waals surface area (Å²) in [5.74, 6) is 1.29. The van der Waals surface area contributed by atoms with E-state index < -0.39 is 0 Å². The maximum absolute atomic E-state index is 6.28. The van der Waals surface area contributed by atoms with Crippen molar-refractivity contribution in [1.29, 1.82) is 0 Å². The lowest BCUT2D eigenvalue weighted by Crippen LogP contribution is -2.06. The van der Waals surface area contributed by atoms with E-state index in [-0.39, 0.29) is 0 Å². The number of hydrogen-bond donors (Lipinski definition) is 0. The molecule has 2 aromatic rings. The molecule has 0 saturated carbocycles. The molecule has 0 unspecified atom stereocenters. The number of para-hydroxylation sites is 1. The highest BCUT2D eigenvalue weighted by atomic mass is 35.5. The van der Waals surface area contributed by atoms with Crippen LogP contribution in [0.2, 0.25) is 5.15 Å². The predicted octanol–water partition coefficient (Wildman–Crippen LogP) is 4.31. The molecule has 5 heteroatoms. The Hall–Kier alpha value is -1.19. The van der Waals surface area contributed by atoms with Crippen molar-refractivity contribution < 1.29 is 4.74 Å². The highest BCUT2D eigenvalue weighted by molar-refractivity contribution is 6.31. The van der Waals surface area contributed by atoms with Crippen molar-refractivity contribution in [2.45, 2.75) is 32.2 Å². The Kier molecular flexibility index (Phi) is 5.74. The zero-order chi connectivity index (χ0) is 14.4. The van der Waals surface area contributed by atoms with E-state index in [0.29, 0.717) is 17.6 Å². The van der Waals surface area contributed by atoms with Gasteiger partial charge in [0.2, 0.25) is 0 Å². The van der Waals surface area contributed by atoms with Crippen molar-refractivity contribution in [1.82, 2.24) is 9.78 Å². The fourth-order valence-corrected chi connectivity index (χ4v) is 2.66. The second kappa shape index (κ2) is 7.55. The molecule has 0 N–H and O–H groups in total. The van der Waals surface area contributed by atoms with E-state index >= 15 is 0 Å². The third-order valence-electron chi connectivity index (χ3n) is 3.06. The van der Waals surface area contributed by atoms with Gasteiger partial charge in [0.25, 0.3) is 0 Å². The lowest BCUT2D eigenvalue weighted by atomic mass is 10.2. The van der Waals surface area contributed by atoms with Crippen molar-refractivity contribution in [2.75, 3.05) is 6.61 Å². The molecule has 108 valence electrons. The summed E-state index contributed by atoms with van der Waals surface area (Å²) in [6, 6.07) is 9.78. The molecule has 0 fully saturated rings. The van der Waals surface area contributed by atoms with Crippen LogP contribution in [0.25, 0.3) is 0 Å². The van der Waals surface area contributed by atoms with Crippen molar-refractivity contribution in [3.05, 3.63) is 46.7 Å². The summed E-state index contributed by atoms with van der Waals surface area (Å²) in [6.07, 6.45) is 1.69. The number of aryl methyl sites for hydroxylation is 2. The standard InChI is InChI=1S/C15H18Cl2N2O/c1-2-14-13(11-16)15(17)19(18-14)9-6-10-20-12-7-4-3-5-8-12/h3-5,7-8H,2,6,9-11H2,1H3. The first-order valence-corrected chi connectivity index (χ1v) is 7.65. The molecule has 1 heterocycles. The Labute approximate surface area is 129 Å². The van der Waals surface area contributed by atoms with Crippen molar-refractivity contribution in [3.8, 4) is 5.75 Å². The van der Waals surface area contributed by atoms with E-state index in [0.717, 1.165) is 36.4 Å². The number of aromatic nitrogens is 2. The quantitative estimate of drug-likeness (QED) is 0.563. The summed E-state index contributed by atoms with van der Waals surface area (Å²) in [5, 5.41) is 5.14. The van der Waals surface area contributed by atoms with Gasteiger partial charge in [0.15, 0.2) is 0 Å². The molecule has 20 heavy (non-hydrogen) atoms. The molecule has 0 bridgehead atoms. The predicted molar refractivity (Wildman–Crippen MR) is 82.7 cm³/mol. The van der Waals surface area contributed by atoms with Gasteiger partial charge in [-0.15, -0.1) is 11.6 Å². The van der Waals surface area contributed by atoms with Crippen LogP contribution in [0.4, 0.5) is 0 Å². The Balaban J connectivity index is 1.87. The second-order valence-electron chi connectivity index (χ2n) is 4.44. The largest absolute Gasteiger partial charge is 0.494 e. The van der Waals surface area contributed by atoms with Crippen LogP contribution in [0.5, 0.6) is 5.75 Å². The molecular formula is C15H18Cl2N2O. The average Bonchev–Trinajstić information content (AvgIpc) is 2.80. The topological polar surface area (TPSA) is 27.1 Å². The van der Waals surface area contributed by atoms with E-state index in [4.69, 9.17) is 27.9 Å². The number of nitrogens with zero attached hydrogens (tertiary/aromatic N) is 2. The molecule has 0 radical (unpaired) electrons. The minimum Gasteiger partial charge on any atom is -0.494 e. The molecule has 1 aromatic carbocycles. The first kappa shape index (κ1) is 15.2. The maximum atomic E-state index is 6.28. The van der Waals surface area contributed by atoms with Gasteiger partial charge in [-0.2, -0.15) is 5.10 Å². The zero-order valence-electron chi connectivity index (χ0n) is 11.5. The van der Waals surface area contributed by atoms with E-state index in [1.807, 2.05) is 35.0 Å². The third kappa shape index (κ3) is 3.68. The highest BCUT2D eigenvalue weighted by Gasteiger charge is 2.13. The smallest absolute Gasteiger partial charge is 0.131 e. The number of ether oxygens (including phenoxy) is 1. The number of hydrogen-bond acceptors (Lipinski definition) is 2. The van der Waals surface area contributed by atoms with E-state index in [2.05, 4.69) is 12.0 Å². The Bertz CT molecular complexity index is 540. The Morgan fingerprint density at radius 1 is 1.25 bits per heavy atom. The number of halogens is 2. The van der Waals surface area contributed by atoms with Crippen LogP contribution >= 0.6 is 23.2 Å². The fourth-order valence-electron chi connectivity index (χ4n) is 2.01. The SMILES string of the molecule is CCc1nn(CCCOc2ccccc2)c(Cl)c1CCl. The minimum absolute atomic E-state index is 0.405. The molecule has 0 aliphatic rings. The minimum atomic E-state index is 0.405. The van der Waals surface area contributed by atoms with Gasteiger partial charge in [-0.25, -0.2) is 0 Å². The van der Waals surface area contributed by atoms with Gasteiger partial charge in [-0.3, -0.25) is 4.68 Å². The van der Waals surface area contributed by atoms with Crippen LogP contribution in [-0.2, 0) is 18.8 Å². The third-order valence-corrected chi connectivity index (χ3v) is 3.75. The van der Waals surface area contributed by atoms with Gasteiger partial charge in [-0.05, 0) is 18.6 Å². The summed E-state index contributed by atoms with van der Waals surface area (Å²) >= 11 is 12.2. The van der Waals surface area contributed by atoms with Crippen LogP contribution in [-0.4, -0.2) is 16.4 Å². The molecule has 0 aliphatic carbocycles. The molecular weight excluding hydrogens is 295 g/mol. The lowest BCUT2D eigenvalue weighted by molar-refractivity contribution is 0.298. The van der Waals surface area contributed by atoms with Gasteiger partial charge < -0.3 is 4.74 Å². The van der Waals surface area contributed by atoms with Crippen LogP contribution in [0.1, 0.15) is 24.6 Å². The van der Waals surface area contributed by atoms with Crippen molar-refractivity contribution in [2.24, 2.45) is 0 Å². The Morgan fingerprint density at radius 3 is 2.60 bits per heavy atom. The monoisotopic (exact) mass is 312 g/mol. The Morgan fingerprint density at radius 2 is 2.00 bits per heavy atom. The number of rotatable bonds is 7. The zero-order valence-corrected chi connectivity index (χ0v) is 13.0. The van der Waals surface area contributed by atoms with E-state index in [1.54, 1.807) is 0 Å². The molecule has 0 saturated heterocycles. The van der Waals surface area contributed by atoms with E-state index in [1.165, 1.54) is 0 Å². The molecule has 2 rings (SSSR count). The fraction of sp³-hybridized carbons (Fsp3) is 0.400. The first-order valence-electron chi connectivity index (χ1n) is 6.74. The molecule has 0 amide bonds. The van der Waals surface area contributed by atoms with Crippen LogP contribution < -0.4 is 4.74 Å². The second-order valence-corrected chi connectivity index (χ2v) is 5.07. The molecule has 0 atom stereocenters. The van der Waals surface area contributed by atoms with Crippen molar-refractivity contribution in [3.63, 3.8) is 0 Å². The lowest BCUT2D eigenvalue weighted by Gasteiger charge is -2.06. The molecule has 3 nitrogen and oxygen atoms in total. The van der Waals surface area contributed by atoms with Gasteiger partial charge >= 0.3 is 0 Å². The van der Waals surface area contributed by atoms with Crippen LogP contribution in [0.3, 0.4) is 0 Å². The molecule has 1 aromatic heterocycles. The van der Waals surface area contributed by atoms with Crippen molar-refractivity contribution >= 4 is 23.2 Å². The molecule has 0 aliphatic heterocycles. The first-order chi connectivity index (χ1) is 9.76. The van der Waals surface area contributed by atoms with Gasteiger partial charge in [0.05, 0.1) is 18.2 Å². The normalized spacial score (nSPS) is 10.8. The van der Waals surface area contributed by atoms with Crippen LogP contribution in [0.15, 0.2) is 30.3 Å². The average molecular weight is 313 g/mol. The highest BCUT2D eigenvalue weighted by Crippen LogP contribution is 2.22. The summed E-state index contributed by atoms with van der Waals surface area (Å²) in [4.78, 5) is 0. The summed E-state index contributed by atoms with van der Waals surface area (Å²) < 4.78 is 7.46. The maximum Gasteiger partial charge on any atom is 0.131 e. The summed E-state index contributed by atoms with van der Waals surface area (Å²) in [7, 11) is 0. The van der Waals surface area contributed by atoms with Crippen LogP contribution in [0, 0.1) is 0 Å². The van der Waals surface area contributed by atoms with Gasteiger partial charge in [0.1, 0.15) is 10.9 Å². The van der Waals surface area contributed by atoms with Gasteiger partial charge in [-0.1, -0.05) is 36.7 Å². The number of alkyl halides is 1. The molecule has 0 spiro atoms. The van der Waals surface area contributed by atoms with Gasteiger partial charge in [0, 0.05) is 18.5 Å². The summed E-state index contributed by atoms with van der Waals surface area (Å²) in [6.45, 7) is 3.42. The number of benzene rings is 1. The summed E-state index contributed by atoms with van der Waals surface area (Å²) in [5.41, 5.74) is 1.92. The van der Waals surface area contributed by atoms with E-state index in [9.17, 15) is 0 Å².